The Bertz CT molecular complexity index is 309. The Morgan fingerprint density at radius 3 is 2.12 bits per heavy atom. The number of halogens is 2. The number of aliphatic hydroxyl groups is 1. The molecule has 0 saturated carbocycles. The highest BCUT2D eigenvalue weighted by molar-refractivity contribution is 5.24. The summed E-state index contributed by atoms with van der Waals surface area (Å²) in [5.74, 6) is 0. The zero-order valence-electron chi connectivity index (χ0n) is 10.2. The molecule has 1 aromatic rings. The molecular weight excluding hydrogens is 222 g/mol. The summed E-state index contributed by atoms with van der Waals surface area (Å²) in [4.78, 5) is 0. The van der Waals surface area contributed by atoms with E-state index in [9.17, 15) is 13.9 Å². The van der Waals surface area contributed by atoms with Crippen LogP contribution in [0.5, 0.6) is 0 Å². The Hall–Kier alpha value is -0.960. The van der Waals surface area contributed by atoms with Crippen molar-refractivity contribution in [3.63, 3.8) is 0 Å². The Morgan fingerprint density at radius 2 is 1.59 bits per heavy atom. The average molecular weight is 242 g/mol. The molecule has 0 aliphatic rings. The zero-order chi connectivity index (χ0) is 12.7. The van der Waals surface area contributed by atoms with Gasteiger partial charge in [-0.2, -0.15) is 0 Å². The van der Waals surface area contributed by atoms with Gasteiger partial charge in [-0.3, -0.25) is 0 Å². The number of unbranched alkanes of at least 4 members (excludes halogenated alkanes) is 3. The number of hydrogen-bond donors (Lipinski definition) is 1. The summed E-state index contributed by atoms with van der Waals surface area (Å²) in [6.45, 7) is 2.14. The lowest BCUT2D eigenvalue weighted by atomic mass is 10.0. The molecule has 0 radical (unpaired) electrons. The van der Waals surface area contributed by atoms with Crippen molar-refractivity contribution in [3.8, 4) is 0 Å². The monoisotopic (exact) mass is 242 g/mol. The quantitative estimate of drug-likeness (QED) is 0.691. The van der Waals surface area contributed by atoms with E-state index in [1.165, 1.54) is 25.0 Å². The van der Waals surface area contributed by atoms with Crippen LogP contribution in [0.15, 0.2) is 24.3 Å². The van der Waals surface area contributed by atoms with Crippen LogP contribution in [-0.4, -0.2) is 5.11 Å². The molecule has 3 heteroatoms. The van der Waals surface area contributed by atoms with Crippen LogP contribution >= 0.6 is 0 Å². The van der Waals surface area contributed by atoms with Gasteiger partial charge < -0.3 is 5.11 Å². The van der Waals surface area contributed by atoms with Crippen LogP contribution in [-0.2, 0) is 0 Å². The SMILES string of the molecule is CCCCCCC(O)c1ccc(C(F)F)cc1. The van der Waals surface area contributed by atoms with Crippen LogP contribution in [0.4, 0.5) is 8.78 Å². The van der Waals surface area contributed by atoms with Crippen molar-refractivity contribution >= 4 is 0 Å². The second-order valence-corrected chi connectivity index (χ2v) is 4.33. The van der Waals surface area contributed by atoms with E-state index in [0.717, 1.165) is 18.4 Å². The lowest BCUT2D eigenvalue weighted by molar-refractivity contribution is 0.150. The lowest BCUT2D eigenvalue weighted by Crippen LogP contribution is -1.98. The van der Waals surface area contributed by atoms with E-state index >= 15 is 0 Å². The molecule has 17 heavy (non-hydrogen) atoms. The van der Waals surface area contributed by atoms with Gasteiger partial charge in [0.05, 0.1) is 6.10 Å². The third-order valence-electron chi connectivity index (χ3n) is 2.90. The first-order valence-electron chi connectivity index (χ1n) is 6.21. The van der Waals surface area contributed by atoms with Crippen molar-refractivity contribution in [1.82, 2.24) is 0 Å². The Labute approximate surface area is 101 Å². The van der Waals surface area contributed by atoms with Gasteiger partial charge in [-0.25, -0.2) is 8.78 Å². The summed E-state index contributed by atoms with van der Waals surface area (Å²) in [5, 5.41) is 9.86. The maximum atomic E-state index is 12.3. The molecular formula is C14H20F2O. The van der Waals surface area contributed by atoms with Crippen molar-refractivity contribution < 1.29 is 13.9 Å². The summed E-state index contributed by atoms with van der Waals surface area (Å²) in [6, 6.07) is 5.95. The van der Waals surface area contributed by atoms with Gasteiger partial charge in [0.15, 0.2) is 0 Å². The summed E-state index contributed by atoms with van der Waals surface area (Å²) >= 11 is 0. The summed E-state index contributed by atoms with van der Waals surface area (Å²) in [5.41, 5.74) is 0.734. The molecule has 1 rings (SSSR count). The molecule has 0 aromatic heterocycles. The summed E-state index contributed by atoms with van der Waals surface area (Å²) in [7, 11) is 0. The first-order valence-corrected chi connectivity index (χ1v) is 6.21. The van der Waals surface area contributed by atoms with Gasteiger partial charge in [0.25, 0.3) is 6.43 Å². The van der Waals surface area contributed by atoms with Gasteiger partial charge in [0.2, 0.25) is 0 Å². The topological polar surface area (TPSA) is 20.2 Å². The minimum Gasteiger partial charge on any atom is -0.388 e. The predicted molar refractivity (Wildman–Crippen MR) is 65.1 cm³/mol. The second-order valence-electron chi connectivity index (χ2n) is 4.33. The van der Waals surface area contributed by atoms with E-state index in [4.69, 9.17) is 0 Å². The van der Waals surface area contributed by atoms with Crippen LogP contribution in [0, 0.1) is 0 Å². The molecule has 0 amide bonds. The van der Waals surface area contributed by atoms with Crippen molar-refractivity contribution in [2.45, 2.75) is 51.6 Å². The van der Waals surface area contributed by atoms with Crippen molar-refractivity contribution in [2.75, 3.05) is 0 Å². The molecule has 0 spiro atoms. The third-order valence-corrected chi connectivity index (χ3v) is 2.90. The molecule has 1 aromatic carbocycles. The molecule has 0 saturated heterocycles. The highest BCUT2D eigenvalue weighted by Crippen LogP contribution is 2.24. The van der Waals surface area contributed by atoms with E-state index in [-0.39, 0.29) is 5.56 Å². The molecule has 0 fully saturated rings. The number of rotatable bonds is 7. The number of aliphatic hydroxyl groups excluding tert-OH is 1. The van der Waals surface area contributed by atoms with Gasteiger partial charge in [0.1, 0.15) is 0 Å². The van der Waals surface area contributed by atoms with Gasteiger partial charge in [-0.1, -0.05) is 56.9 Å². The van der Waals surface area contributed by atoms with Crippen LogP contribution in [0.25, 0.3) is 0 Å². The van der Waals surface area contributed by atoms with Crippen molar-refractivity contribution in [2.24, 2.45) is 0 Å². The highest BCUT2D eigenvalue weighted by Gasteiger charge is 2.10. The minimum atomic E-state index is -2.44. The molecule has 0 bridgehead atoms. The van der Waals surface area contributed by atoms with E-state index in [1.54, 1.807) is 12.1 Å². The molecule has 1 atom stereocenters. The van der Waals surface area contributed by atoms with Gasteiger partial charge in [-0.05, 0) is 12.0 Å². The largest absolute Gasteiger partial charge is 0.388 e. The van der Waals surface area contributed by atoms with E-state index in [0.29, 0.717) is 6.42 Å². The third kappa shape index (κ3) is 4.82. The highest BCUT2D eigenvalue weighted by atomic mass is 19.3. The predicted octanol–water partition coefficient (Wildman–Crippen LogP) is 4.63. The van der Waals surface area contributed by atoms with Crippen molar-refractivity contribution in [1.29, 1.82) is 0 Å². The van der Waals surface area contributed by atoms with Gasteiger partial charge >= 0.3 is 0 Å². The van der Waals surface area contributed by atoms with E-state index in [2.05, 4.69) is 6.92 Å². The molecule has 1 N–H and O–H groups in total. The van der Waals surface area contributed by atoms with Gasteiger partial charge in [0, 0.05) is 5.56 Å². The average Bonchev–Trinajstić information content (AvgIpc) is 2.34. The summed E-state index contributed by atoms with van der Waals surface area (Å²) in [6.07, 6.45) is 2.17. The van der Waals surface area contributed by atoms with Crippen LogP contribution in [0.3, 0.4) is 0 Å². The van der Waals surface area contributed by atoms with Crippen LogP contribution < -0.4 is 0 Å². The first kappa shape index (κ1) is 14.1. The van der Waals surface area contributed by atoms with E-state index in [1.807, 2.05) is 0 Å². The summed E-state index contributed by atoms with van der Waals surface area (Å²) < 4.78 is 24.6. The fraction of sp³-hybridized carbons (Fsp3) is 0.571. The number of benzene rings is 1. The second kappa shape index (κ2) is 7.38. The fourth-order valence-electron chi connectivity index (χ4n) is 1.79. The number of alkyl halides is 2. The molecule has 96 valence electrons. The lowest BCUT2D eigenvalue weighted by Gasteiger charge is -2.11. The van der Waals surface area contributed by atoms with Gasteiger partial charge in [-0.15, -0.1) is 0 Å². The first-order chi connectivity index (χ1) is 8.15. The molecule has 0 aliphatic carbocycles. The zero-order valence-corrected chi connectivity index (χ0v) is 10.2. The van der Waals surface area contributed by atoms with Crippen molar-refractivity contribution in [3.05, 3.63) is 35.4 Å². The Kier molecular flexibility index (Phi) is 6.12. The number of hydrogen-bond acceptors (Lipinski definition) is 1. The molecule has 0 aliphatic heterocycles. The maximum Gasteiger partial charge on any atom is 0.263 e. The van der Waals surface area contributed by atoms with Crippen LogP contribution in [0.2, 0.25) is 0 Å². The fourth-order valence-corrected chi connectivity index (χ4v) is 1.79. The Balaban J connectivity index is 2.43. The minimum absolute atomic E-state index is 0.00642. The normalized spacial score (nSPS) is 13.0. The van der Waals surface area contributed by atoms with E-state index < -0.39 is 12.5 Å². The van der Waals surface area contributed by atoms with Crippen LogP contribution in [0.1, 0.15) is 62.7 Å². The molecule has 1 nitrogen and oxygen atoms in total. The smallest absolute Gasteiger partial charge is 0.263 e. The maximum absolute atomic E-state index is 12.3. The standard InChI is InChI=1S/C14H20F2O/c1-2-3-4-5-6-13(17)11-7-9-12(10-8-11)14(15)16/h7-10,13-14,17H,2-6H2,1H3. The molecule has 0 heterocycles. The molecule has 1 unspecified atom stereocenters. The Morgan fingerprint density at radius 1 is 1.00 bits per heavy atom.